The lowest BCUT2D eigenvalue weighted by atomic mass is 10.1. The van der Waals surface area contributed by atoms with Crippen molar-refractivity contribution in [1.82, 2.24) is 4.90 Å². The van der Waals surface area contributed by atoms with Crippen LogP contribution in [0.1, 0.15) is 17.2 Å². The third kappa shape index (κ3) is 5.21. The summed E-state index contributed by atoms with van der Waals surface area (Å²) < 4.78 is 15.8. The normalized spacial score (nSPS) is 17.7. The highest BCUT2D eigenvalue weighted by atomic mass is 35.5. The summed E-state index contributed by atoms with van der Waals surface area (Å²) in [5.74, 6) is 0.260. The zero-order chi connectivity index (χ0) is 18.4. The molecule has 1 saturated heterocycles. The number of methoxy groups -OCH3 is 1. The smallest absolute Gasteiger partial charge is 0.343 e. The number of ether oxygens (including phenoxy) is 3. The van der Waals surface area contributed by atoms with E-state index in [-0.39, 0.29) is 12.7 Å². The van der Waals surface area contributed by atoms with Gasteiger partial charge in [0, 0.05) is 24.7 Å². The Morgan fingerprint density at radius 2 is 1.92 bits per heavy atom. The van der Waals surface area contributed by atoms with Gasteiger partial charge in [0.05, 0.1) is 19.8 Å². The fraction of sp³-hybridized carbons (Fsp3) is 0.350. The fourth-order valence-corrected chi connectivity index (χ4v) is 3.00. The van der Waals surface area contributed by atoms with Gasteiger partial charge in [0.2, 0.25) is 0 Å². The largest absolute Gasteiger partial charge is 0.482 e. The van der Waals surface area contributed by atoms with E-state index in [9.17, 15) is 4.79 Å². The van der Waals surface area contributed by atoms with Gasteiger partial charge in [-0.05, 0) is 35.4 Å². The number of rotatable bonds is 6. The molecule has 1 aliphatic heterocycles. The Labute approximate surface area is 158 Å². The van der Waals surface area contributed by atoms with Crippen LogP contribution in [0.5, 0.6) is 5.75 Å². The first-order valence-corrected chi connectivity index (χ1v) is 8.90. The summed E-state index contributed by atoms with van der Waals surface area (Å²) in [4.78, 5) is 13.5. The zero-order valence-corrected chi connectivity index (χ0v) is 15.4. The average Bonchev–Trinajstić information content (AvgIpc) is 2.68. The highest BCUT2D eigenvalue weighted by Gasteiger charge is 2.22. The molecule has 6 heteroatoms. The molecule has 1 aliphatic rings. The Kier molecular flexibility index (Phi) is 6.50. The molecule has 0 saturated carbocycles. The van der Waals surface area contributed by atoms with E-state index >= 15 is 0 Å². The molecule has 138 valence electrons. The van der Waals surface area contributed by atoms with Crippen molar-refractivity contribution in [2.45, 2.75) is 12.6 Å². The highest BCUT2D eigenvalue weighted by molar-refractivity contribution is 6.30. The Bertz CT molecular complexity index is 718. The standard InChI is InChI=1S/C20H22ClNO4/c1-24-20(23)14-26-18-8-2-15(3-9-18)12-22-10-11-25-19(13-22)16-4-6-17(21)7-5-16/h2-9,19H,10-14H2,1H3/t19-/m0/s1. The molecule has 2 aromatic rings. The van der Waals surface area contributed by atoms with Crippen molar-refractivity contribution in [3.05, 3.63) is 64.7 Å². The fourth-order valence-electron chi connectivity index (χ4n) is 2.88. The molecule has 2 aromatic carbocycles. The molecule has 0 bridgehead atoms. The average molecular weight is 376 g/mol. The van der Waals surface area contributed by atoms with E-state index in [1.165, 1.54) is 12.7 Å². The van der Waals surface area contributed by atoms with Gasteiger partial charge >= 0.3 is 5.97 Å². The molecule has 0 N–H and O–H groups in total. The maximum absolute atomic E-state index is 11.1. The Hall–Kier alpha value is -2.08. The van der Waals surface area contributed by atoms with Gasteiger partial charge in [0.15, 0.2) is 6.61 Å². The summed E-state index contributed by atoms with van der Waals surface area (Å²) in [6, 6.07) is 15.6. The molecular weight excluding hydrogens is 354 g/mol. The van der Waals surface area contributed by atoms with E-state index in [1.807, 2.05) is 48.5 Å². The van der Waals surface area contributed by atoms with E-state index in [0.29, 0.717) is 12.4 Å². The topological polar surface area (TPSA) is 48.0 Å². The number of hydrogen-bond donors (Lipinski definition) is 0. The summed E-state index contributed by atoms with van der Waals surface area (Å²) in [6.07, 6.45) is 0.0590. The van der Waals surface area contributed by atoms with Crippen molar-refractivity contribution in [2.24, 2.45) is 0 Å². The van der Waals surface area contributed by atoms with Crippen molar-refractivity contribution in [3.8, 4) is 5.75 Å². The molecule has 0 spiro atoms. The van der Waals surface area contributed by atoms with Crippen LogP contribution in [-0.2, 0) is 20.8 Å². The summed E-state index contributed by atoms with van der Waals surface area (Å²) in [6.45, 7) is 3.19. The second kappa shape index (κ2) is 9.03. The molecule has 3 rings (SSSR count). The molecule has 0 aliphatic carbocycles. The minimum absolute atomic E-state index is 0.0590. The van der Waals surface area contributed by atoms with Crippen LogP contribution >= 0.6 is 11.6 Å². The number of halogens is 1. The lowest BCUT2D eigenvalue weighted by molar-refractivity contribution is -0.142. The molecule has 0 unspecified atom stereocenters. The Balaban J connectivity index is 1.54. The quantitative estimate of drug-likeness (QED) is 0.723. The Morgan fingerprint density at radius 1 is 1.19 bits per heavy atom. The van der Waals surface area contributed by atoms with Gasteiger partial charge in [0.25, 0.3) is 0 Å². The van der Waals surface area contributed by atoms with Crippen LogP contribution in [0.15, 0.2) is 48.5 Å². The van der Waals surface area contributed by atoms with Crippen molar-refractivity contribution in [1.29, 1.82) is 0 Å². The SMILES string of the molecule is COC(=O)COc1ccc(CN2CCO[C@H](c3ccc(Cl)cc3)C2)cc1. The summed E-state index contributed by atoms with van der Waals surface area (Å²) in [5, 5.41) is 0.732. The maximum Gasteiger partial charge on any atom is 0.343 e. The van der Waals surface area contributed by atoms with Gasteiger partial charge in [-0.2, -0.15) is 0 Å². The molecular formula is C20H22ClNO4. The number of hydrogen-bond acceptors (Lipinski definition) is 5. The van der Waals surface area contributed by atoms with E-state index in [2.05, 4.69) is 9.64 Å². The van der Waals surface area contributed by atoms with E-state index in [0.717, 1.165) is 30.2 Å². The summed E-state index contributed by atoms with van der Waals surface area (Å²) >= 11 is 5.96. The van der Waals surface area contributed by atoms with Crippen LogP contribution in [0.3, 0.4) is 0 Å². The second-order valence-electron chi connectivity index (χ2n) is 6.15. The summed E-state index contributed by atoms with van der Waals surface area (Å²) in [5.41, 5.74) is 2.33. The molecule has 1 atom stereocenters. The minimum Gasteiger partial charge on any atom is -0.482 e. The molecule has 26 heavy (non-hydrogen) atoms. The van der Waals surface area contributed by atoms with Gasteiger partial charge < -0.3 is 14.2 Å². The minimum atomic E-state index is -0.393. The van der Waals surface area contributed by atoms with Crippen LogP contribution in [0, 0.1) is 0 Å². The first-order chi connectivity index (χ1) is 12.6. The van der Waals surface area contributed by atoms with Crippen LogP contribution in [0.25, 0.3) is 0 Å². The Morgan fingerprint density at radius 3 is 2.62 bits per heavy atom. The van der Waals surface area contributed by atoms with Gasteiger partial charge in [-0.15, -0.1) is 0 Å². The van der Waals surface area contributed by atoms with Gasteiger partial charge in [-0.25, -0.2) is 4.79 Å². The van der Waals surface area contributed by atoms with E-state index in [1.54, 1.807) is 0 Å². The first kappa shape index (κ1) is 18.7. The third-order valence-corrected chi connectivity index (χ3v) is 4.56. The first-order valence-electron chi connectivity index (χ1n) is 8.52. The second-order valence-corrected chi connectivity index (χ2v) is 6.59. The molecule has 0 aromatic heterocycles. The number of benzene rings is 2. The van der Waals surface area contributed by atoms with Crippen LogP contribution in [0.2, 0.25) is 5.02 Å². The van der Waals surface area contributed by atoms with Gasteiger partial charge in [-0.1, -0.05) is 35.9 Å². The monoisotopic (exact) mass is 375 g/mol. The lowest BCUT2D eigenvalue weighted by Gasteiger charge is -2.33. The number of esters is 1. The summed E-state index contributed by atoms with van der Waals surface area (Å²) in [7, 11) is 1.34. The van der Waals surface area contributed by atoms with Crippen molar-refractivity contribution in [2.75, 3.05) is 33.4 Å². The molecule has 0 amide bonds. The maximum atomic E-state index is 11.1. The van der Waals surface area contributed by atoms with Gasteiger partial charge in [-0.3, -0.25) is 4.90 Å². The predicted molar refractivity (Wildman–Crippen MR) is 99.4 cm³/mol. The molecule has 1 heterocycles. The van der Waals surface area contributed by atoms with Crippen LogP contribution in [-0.4, -0.2) is 44.3 Å². The van der Waals surface area contributed by atoms with Crippen LogP contribution in [0.4, 0.5) is 0 Å². The predicted octanol–water partition coefficient (Wildman–Crippen LogP) is 3.47. The lowest BCUT2D eigenvalue weighted by Crippen LogP contribution is -2.37. The molecule has 0 radical (unpaired) electrons. The number of nitrogens with zero attached hydrogens (tertiary/aromatic N) is 1. The molecule has 1 fully saturated rings. The number of morpholine rings is 1. The highest BCUT2D eigenvalue weighted by Crippen LogP contribution is 2.25. The van der Waals surface area contributed by atoms with E-state index in [4.69, 9.17) is 21.1 Å². The van der Waals surface area contributed by atoms with Crippen molar-refractivity contribution < 1.29 is 19.0 Å². The number of carbonyl (C=O) groups is 1. The van der Waals surface area contributed by atoms with E-state index < -0.39 is 5.97 Å². The molecule has 5 nitrogen and oxygen atoms in total. The number of carbonyl (C=O) groups excluding carboxylic acids is 1. The van der Waals surface area contributed by atoms with Crippen LogP contribution < -0.4 is 4.74 Å². The van der Waals surface area contributed by atoms with Crippen molar-refractivity contribution >= 4 is 17.6 Å². The third-order valence-electron chi connectivity index (χ3n) is 4.31. The zero-order valence-electron chi connectivity index (χ0n) is 14.7. The van der Waals surface area contributed by atoms with Crippen molar-refractivity contribution in [3.63, 3.8) is 0 Å². The van der Waals surface area contributed by atoms with Gasteiger partial charge in [0.1, 0.15) is 5.75 Å².